The molecule has 0 saturated heterocycles. The highest BCUT2D eigenvalue weighted by Crippen LogP contribution is 2.51. The van der Waals surface area contributed by atoms with E-state index >= 15 is 0 Å². The molecule has 14 aromatic rings. The molecule has 0 N–H and O–H groups in total. The number of benzene rings is 13. The molecule has 0 radical (unpaired) electrons. The van der Waals surface area contributed by atoms with E-state index in [4.69, 9.17) is 4.42 Å². The van der Waals surface area contributed by atoms with Gasteiger partial charge in [0.1, 0.15) is 19.2 Å². The molecule has 0 spiro atoms. The Kier molecular flexibility index (Phi) is 7.72. The molecule has 0 bridgehead atoms. The van der Waals surface area contributed by atoms with Crippen molar-refractivity contribution in [3.05, 3.63) is 218 Å². The Bertz CT molecular complexity index is 4420. The van der Waals surface area contributed by atoms with Crippen LogP contribution in [0.15, 0.2) is 223 Å². The van der Waals surface area contributed by atoms with Gasteiger partial charge in [-0.2, -0.15) is 0 Å². The lowest BCUT2D eigenvalue weighted by molar-refractivity contribution is 0.669. The van der Waals surface area contributed by atoms with Crippen LogP contribution in [0.5, 0.6) is 0 Å². The van der Waals surface area contributed by atoms with Crippen molar-refractivity contribution in [2.24, 2.45) is 0 Å². The molecule has 1 aliphatic rings. The van der Waals surface area contributed by atoms with Crippen LogP contribution in [0.4, 0.5) is 0 Å². The summed E-state index contributed by atoms with van der Waals surface area (Å²) in [7, 11) is -2.05. The fourth-order valence-corrected chi connectivity index (χ4v) is 15.7. The first kappa shape index (κ1) is 37.9. The molecule has 2 heterocycles. The van der Waals surface area contributed by atoms with Gasteiger partial charge in [-0.3, -0.25) is 0 Å². The van der Waals surface area contributed by atoms with E-state index in [9.17, 15) is 0 Å². The first-order valence-electron chi connectivity index (χ1n) is 23.8. The molecule has 0 fully saturated rings. The third-order valence-electron chi connectivity index (χ3n) is 15.6. The number of rotatable bonds is 3. The minimum Gasteiger partial charge on any atom is -0.456 e. The van der Waals surface area contributed by atoms with Crippen molar-refractivity contribution in [1.29, 1.82) is 0 Å². The SMILES string of the molecule is C[Si]1(C)c2ccc(-c3c4ccccc4c(-c4c5ccccc5c(-c5ccc6oc7ccccc7c6c5)c5ccccc45)c4ccccc34)cc2-c2cc3c4ccccc4c4ccccc4c3cc21. The summed E-state index contributed by atoms with van der Waals surface area (Å²) in [5.41, 5.74) is 12.1. The highest BCUT2D eigenvalue weighted by molar-refractivity contribution is 7.04. The van der Waals surface area contributed by atoms with Gasteiger partial charge in [-0.25, -0.2) is 0 Å². The van der Waals surface area contributed by atoms with Crippen LogP contribution in [-0.4, -0.2) is 8.07 Å². The second kappa shape index (κ2) is 13.9. The maximum atomic E-state index is 6.31. The second-order valence-corrected chi connectivity index (χ2v) is 23.7. The fourth-order valence-electron chi connectivity index (χ4n) is 12.6. The third-order valence-corrected chi connectivity index (χ3v) is 19.1. The van der Waals surface area contributed by atoms with Crippen LogP contribution in [-0.2, 0) is 0 Å². The van der Waals surface area contributed by atoms with E-state index in [1.165, 1.54) is 130 Å². The molecular weight excluding hydrogens is 837 g/mol. The molecule has 0 amide bonds. The van der Waals surface area contributed by atoms with Crippen LogP contribution >= 0.6 is 0 Å². The van der Waals surface area contributed by atoms with E-state index < -0.39 is 8.07 Å². The number of hydrogen-bond donors (Lipinski definition) is 0. The van der Waals surface area contributed by atoms with E-state index in [1.807, 2.05) is 6.07 Å². The highest BCUT2D eigenvalue weighted by Gasteiger charge is 2.38. The molecule has 2 heteroatoms. The van der Waals surface area contributed by atoms with E-state index in [2.05, 4.69) is 225 Å². The zero-order chi connectivity index (χ0) is 44.8. The summed E-state index contributed by atoms with van der Waals surface area (Å²) >= 11 is 0. The number of fused-ring (bicyclic) bond motifs is 16. The standard InChI is InChI=1S/C66H42OSi/c1-68(2)61-34-32-40(36-57(61)58-37-54-43-19-5-3-17-41(43)42-18-4-6-20-44(42)55(54)38-62(58)68)64-48-24-9-13-28-52(48)66(53-29-14-10-25-49(53)64)65-50-26-11-7-22-46(50)63(47-23-8-12-27-51(47)65)39-31-33-60-56(35-39)45-21-15-16-30-59(45)67-60/h3-38H,1-2H3. The predicted molar refractivity (Wildman–Crippen MR) is 295 cm³/mol. The lowest BCUT2D eigenvalue weighted by Crippen LogP contribution is -2.49. The van der Waals surface area contributed by atoms with Gasteiger partial charge in [-0.1, -0.05) is 201 Å². The molecule has 1 aliphatic heterocycles. The van der Waals surface area contributed by atoms with E-state index in [-0.39, 0.29) is 0 Å². The van der Waals surface area contributed by atoms with Gasteiger partial charge >= 0.3 is 0 Å². The Morgan fingerprint density at radius 3 is 1.10 bits per heavy atom. The number of para-hydroxylation sites is 1. The van der Waals surface area contributed by atoms with E-state index in [0.717, 1.165) is 21.9 Å². The molecule has 0 saturated carbocycles. The smallest absolute Gasteiger partial charge is 0.135 e. The van der Waals surface area contributed by atoms with Crippen LogP contribution in [0.25, 0.3) is 142 Å². The maximum absolute atomic E-state index is 6.31. The van der Waals surface area contributed by atoms with Gasteiger partial charge < -0.3 is 4.42 Å². The summed E-state index contributed by atoms with van der Waals surface area (Å²) in [5.74, 6) is 0. The van der Waals surface area contributed by atoms with Crippen molar-refractivity contribution in [1.82, 2.24) is 0 Å². The van der Waals surface area contributed by atoms with Crippen LogP contribution < -0.4 is 10.4 Å². The highest BCUT2D eigenvalue weighted by atomic mass is 28.3. The fraction of sp³-hybridized carbons (Fsp3) is 0.0303. The molecule has 68 heavy (non-hydrogen) atoms. The normalized spacial score (nSPS) is 13.3. The van der Waals surface area contributed by atoms with Crippen LogP contribution in [0.2, 0.25) is 13.1 Å². The van der Waals surface area contributed by atoms with Crippen molar-refractivity contribution >= 4 is 116 Å². The quantitative estimate of drug-likeness (QED) is 0.0979. The van der Waals surface area contributed by atoms with E-state index in [0.29, 0.717) is 0 Å². The van der Waals surface area contributed by atoms with Crippen molar-refractivity contribution in [2.45, 2.75) is 13.1 Å². The zero-order valence-electron chi connectivity index (χ0n) is 37.7. The lowest BCUT2D eigenvalue weighted by Gasteiger charge is -2.22. The van der Waals surface area contributed by atoms with Crippen LogP contribution in [0.1, 0.15) is 0 Å². The summed E-state index contributed by atoms with van der Waals surface area (Å²) in [5, 5.41) is 23.3. The van der Waals surface area contributed by atoms with Gasteiger partial charge in [0.25, 0.3) is 0 Å². The third kappa shape index (κ3) is 5.10. The Balaban J connectivity index is 0.989. The molecule has 13 aromatic carbocycles. The average molecular weight is 879 g/mol. The summed E-state index contributed by atoms with van der Waals surface area (Å²) in [4.78, 5) is 0. The van der Waals surface area contributed by atoms with Gasteiger partial charge in [-0.15, -0.1) is 0 Å². The van der Waals surface area contributed by atoms with Crippen molar-refractivity contribution < 1.29 is 4.42 Å². The second-order valence-electron chi connectivity index (χ2n) is 19.4. The molecule has 0 aliphatic carbocycles. The number of hydrogen-bond acceptors (Lipinski definition) is 1. The largest absolute Gasteiger partial charge is 0.456 e. The molecule has 0 unspecified atom stereocenters. The predicted octanol–water partition coefficient (Wildman–Crippen LogP) is 17.5. The minimum absolute atomic E-state index is 0.910. The monoisotopic (exact) mass is 878 g/mol. The minimum atomic E-state index is -2.05. The van der Waals surface area contributed by atoms with Gasteiger partial charge in [0.2, 0.25) is 0 Å². The Morgan fingerprint density at radius 2 is 0.603 bits per heavy atom. The van der Waals surface area contributed by atoms with Gasteiger partial charge in [-0.05, 0) is 161 Å². The topological polar surface area (TPSA) is 13.1 Å². The lowest BCUT2D eigenvalue weighted by atomic mass is 9.81. The molecule has 1 nitrogen and oxygen atoms in total. The summed E-state index contributed by atoms with van der Waals surface area (Å²) in [6.07, 6.45) is 0. The van der Waals surface area contributed by atoms with Gasteiger partial charge in [0, 0.05) is 10.8 Å². The van der Waals surface area contributed by atoms with Gasteiger partial charge in [0.15, 0.2) is 0 Å². The Labute approximate surface area is 394 Å². The Morgan fingerprint density at radius 1 is 0.250 bits per heavy atom. The van der Waals surface area contributed by atoms with Crippen molar-refractivity contribution in [3.8, 4) is 44.5 Å². The van der Waals surface area contributed by atoms with Crippen LogP contribution in [0.3, 0.4) is 0 Å². The van der Waals surface area contributed by atoms with Gasteiger partial charge in [0.05, 0.1) is 0 Å². The molecular formula is C66H42OSi. The molecule has 0 atom stereocenters. The maximum Gasteiger partial charge on any atom is 0.135 e. The van der Waals surface area contributed by atoms with E-state index in [1.54, 1.807) is 0 Å². The molecule has 316 valence electrons. The Hall–Kier alpha value is -8.30. The zero-order valence-corrected chi connectivity index (χ0v) is 38.7. The van der Waals surface area contributed by atoms with Crippen molar-refractivity contribution in [2.75, 3.05) is 0 Å². The summed E-state index contributed by atoms with van der Waals surface area (Å²) < 4.78 is 6.31. The average Bonchev–Trinajstić information content (AvgIpc) is 3.87. The molecule has 1 aromatic heterocycles. The number of furan rings is 1. The first-order chi connectivity index (χ1) is 33.5. The van der Waals surface area contributed by atoms with Crippen LogP contribution in [0, 0.1) is 0 Å². The molecule has 15 rings (SSSR count). The summed E-state index contributed by atoms with van der Waals surface area (Å²) in [6.45, 7) is 5.09. The first-order valence-corrected chi connectivity index (χ1v) is 26.8. The van der Waals surface area contributed by atoms with Crippen molar-refractivity contribution in [3.63, 3.8) is 0 Å². The summed E-state index contributed by atoms with van der Waals surface area (Å²) in [6, 6.07) is 82.0.